The lowest BCUT2D eigenvalue weighted by molar-refractivity contribution is 0.685. The quantitative estimate of drug-likeness (QED) is 0.148. The van der Waals surface area contributed by atoms with Gasteiger partial charge >= 0.3 is 0 Å². The van der Waals surface area contributed by atoms with Gasteiger partial charge in [-0.25, -0.2) is 0 Å². The molecule has 0 fully saturated rings. The van der Waals surface area contributed by atoms with E-state index in [2.05, 4.69) is 97.1 Å². The van der Waals surface area contributed by atoms with E-state index in [0.29, 0.717) is 0 Å². The Balaban J connectivity index is -0.0000000977. The maximum atomic E-state index is 2.26. The van der Waals surface area contributed by atoms with Crippen LogP contribution in [0.15, 0.2) is 133 Å². The number of hydrogen-bond donors (Lipinski definition) is 0. The summed E-state index contributed by atoms with van der Waals surface area (Å²) in [5, 5.41) is 2.62. The molecular formula is C55H96. The van der Waals surface area contributed by atoms with Crippen molar-refractivity contribution in [2.24, 2.45) is 0 Å². The van der Waals surface area contributed by atoms with Gasteiger partial charge < -0.3 is 0 Å². The van der Waals surface area contributed by atoms with Crippen LogP contribution < -0.4 is 0 Å². The molecule has 0 N–H and O–H groups in total. The van der Waals surface area contributed by atoms with Gasteiger partial charge in [-0.1, -0.05) is 272 Å². The molecule has 2 aliphatic rings. The molecule has 0 heterocycles. The predicted molar refractivity (Wildman–Crippen MR) is 265 cm³/mol. The van der Waals surface area contributed by atoms with Crippen molar-refractivity contribution in [2.75, 3.05) is 0 Å². The largest absolute Gasteiger partial charge is 0.0683 e. The lowest BCUT2D eigenvalue weighted by Gasteiger charge is -2.13. The van der Waals surface area contributed by atoms with Gasteiger partial charge in [0.05, 0.1) is 0 Å². The summed E-state index contributed by atoms with van der Waals surface area (Å²) in [6.07, 6.45) is 9.34. The third kappa shape index (κ3) is 38.4. The average Bonchev–Trinajstić information content (AvgIpc) is 3.84. The fourth-order valence-corrected chi connectivity index (χ4v) is 4.71. The van der Waals surface area contributed by atoms with Crippen LogP contribution in [0.5, 0.6) is 0 Å². The molecule has 0 unspecified atom stereocenters. The molecule has 0 heteroatoms. The van der Waals surface area contributed by atoms with Gasteiger partial charge in [0.2, 0.25) is 0 Å². The van der Waals surface area contributed by atoms with E-state index in [0.717, 1.165) is 0 Å². The normalized spacial score (nSPS) is 9.31. The summed E-state index contributed by atoms with van der Waals surface area (Å²) >= 11 is 0. The topological polar surface area (TPSA) is 0 Å². The number of rotatable bonds is 0. The van der Waals surface area contributed by atoms with Crippen LogP contribution in [-0.4, -0.2) is 0 Å². The molecule has 0 nitrogen and oxygen atoms in total. The standard InChI is InChI=1S/C10H12.C10H8.C9H10.C6H6.10C2H6/c2*1-2-6-10-8-4-3-7-9(10)5-1;1-2-5-9-7-3-6-8(9)4-1;1-2-4-6-5-3-1;10*1-2/h1-2,5-6H,3-4,7-8H2;1-8H;1-2,4-5H,3,6-7H2;1-6H;10*1-2H3. The van der Waals surface area contributed by atoms with Crippen molar-refractivity contribution in [1.82, 2.24) is 0 Å². The van der Waals surface area contributed by atoms with Crippen LogP contribution in [-0.2, 0) is 25.7 Å². The Bertz CT molecular complexity index is 1130. The fourth-order valence-electron chi connectivity index (χ4n) is 4.71. The molecule has 0 amide bonds. The van der Waals surface area contributed by atoms with Crippen molar-refractivity contribution in [3.8, 4) is 0 Å². The number of aryl methyl sites for hydroxylation is 4. The summed E-state index contributed by atoms with van der Waals surface area (Å²) in [4.78, 5) is 0. The molecule has 316 valence electrons. The highest BCUT2D eigenvalue weighted by Gasteiger charge is 2.07. The van der Waals surface area contributed by atoms with Crippen molar-refractivity contribution in [3.05, 3.63) is 156 Å². The van der Waals surface area contributed by atoms with Gasteiger partial charge in [0, 0.05) is 0 Å². The molecule has 55 heavy (non-hydrogen) atoms. The van der Waals surface area contributed by atoms with E-state index in [1.54, 1.807) is 22.3 Å². The summed E-state index contributed by atoms with van der Waals surface area (Å²) in [7, 11) is 0. The zero-order chi connectivity index (χ0) is 44.0. The van der Waals surface area contributed by atoms with Gasteiger partial charge in [0.15, 0.2) is 0 Å². The molecule has 0 radical (unpaired) electrons. The second-order valence-corrected chi connectivity index (χ2v) is 9.10. The first-order chi connectivity index (χ1) is 27.4. The van der Waals surface area contributed by atoms with Crippen molar-refractivity contribution in [3.63, 3.8) is 0 Å². The van der Waals surface area contributed by atoms with Crippen LogP contribution in [0.4, 0.5) is 0 Å². The monoisotopic (exact) mass is 757 g/mol. The van der Waals surface area contributed by atoms with Crippen LogP contribution in [0.3, 0.4) is 0 Å². The summed E-state index contributed by atoms with van der Waals surface area (Å²) in [6.45, 7) is 40.0. The third-order valence-electron chi connectivity index (χ3n) is 6.60. The zero-order valence-electron chi connectivity index (χ0n) is 40.7. The Hall–Kier alpha value is -3.64. The van der Waals surface area contributed by atoms with E-state index in [1.807, 2.05) is 175 Å². The maximum Gasteiger partial charge on any atom is -0.0184 e. The Morgan fingerprint density at radius 1 is 0.200 bits per heavy atom. The lowest BCUT2D eigenvalue weighted by Crippen LogP contribution is -2.00. The maximum absolute atomic E-state index is 2.26. The highest BCUT2D eigenvalue weighted by atomic mass is 14.1. The minimum atomic E-state index is 1.30. The number of benzene rings is 5. The van der Waals surface area contributed by atoms with E-state index in [4.69, 9.17) is 0 Å². The molecule has 0 atom stereocenters. The Labute approximate surface area is 348 Å². The van der Waals surface area contributed by atoms with Crippen LogP contribution >= 0.6 is 0 Å². The molecule has 7 rings (SSSR count). The van der Waals surface area contributed by atoms with Crippen molar-refractivity contribution in [2.45, 2.75) is 183 Å². The molecule has 0 bridgehead atoms. The fraction of sp³-hybridized carbons (Fsp3) is 0.491. The van der Waals surface area contributed by atoms with Gasteiger partial charge in [-0.05, 0) is 78.0 Å². The van der Waals surface area contributed by atoms with E-state index >= 15 is 0 Å². The molecule has 2 aliphatic carbocycles. The van der Waals surface area contributed by atoms with Crippen molar-refractivity contribution >= 4 is 10.8 Å². The van der Waals surface area contributed by atoms with Crippen LogP contribution in [0.1, 0.15) is 180 Å². The summed E-state index contributed by atoms with van der Waals surface area (Å²) in [5.41, 5.74) is 6.29. The van der Waals surface area contributed by atoms with Crippen LogP contribution in [0.2, 0.25) is 0 Å². The molecule has 0 saturated carbocycles. The minimum Gasteiger partial charge on any atom is -0.0683 e. The second kappa shape index (κ2) is 65.3. The van der Waals surface area contributed by atoms with Crippen LogP contribution in [0, 0.1) is 0 Å². The minimum absolute atomic E-state index is 1.30. The molecule has 0 aliphatic heterocycles. The Morgan fingerprint density at radius 3 is 0.564 bits per heavy atom. The van der Waals surface area contributed by atoms with Gasteiger partial charge in [0.1, 0.15) is 0 Å². The summed E-state index contributed by atoms with van der Waals surface area (Å²) in [6, 6.07) is 46.3. The Kier molecular flexibility index (Phi) is 78.5. The second-order valence-electron chi connectivity index (χ2n) is 9.10. The molecule has 5 aromatic rings. The lowest BCUT2D eigenvalue weighted by atomic mass is 9.92. The van der Waals surface area contributed by atoms with E-state index < -0.39 is 0 Å². The van der Waals surface area contributed by atoms with E-state index in [-0.39, 0.29) is 0 Å². The van der Waals surface area contributed by atoms with Gasteiger partial charge in [-0.15, -0.1) is 0 Å². The highest BCUT2D eigenvalue weighted by molar-refractivity contribution is 5.82. The first kappa shape index (κ1) is 66.2. The zero-order valence-corrected chi connectivity index (χ0v) is 40.7. The first-order valence-corrected chi connectivity index (χ1v) is 23.0. The first-order valence-electron chi connectivity index (χ1n) is 23.0. The van der Waals surface area contributed by atoms with Crippen LogP contribution in [0.25, 0.3) is 10.8 Å². The van der Waals surface area contributed by atoms with Crippen molar-refractivity contribution in [1.29, 1.82) is 0 Å². The molecular weight excluding hydrogens is 661 g/mol. The van der Waals surface area contributed by atoms with Crippen molar-refractivity contribution < 1.29 is 0 Å². The van der Waals surface area contributed by atoms with Gasteiger partial charge in [0.25, 0.3) is 0 Å². The smallest absolute Gasteiger partial charge is 0.0184 e. The highest BCUT2D eigenvalue weighted by Crippen LogP contribution is 2.21. The number of fused-ring (bicyclic) bond motifs is 3. The molecule has 0 spiro atoms. The summed E-state index contributed by atoms with van der Waals surface area (Å²) < 4.78 is 0. The molecule has 5 aromatic carbocycles. The average molecular weight is 757 g/mol. The number of hydrogen-bond acceptors (Lipinski definition) is 0. The summed E-state index contributed by atoms with van der Waals surface area (Å²) in [5.74, 6) is 0. The van der Waals surface area contributed by atoms with E-state index in [1.165, 1.54) is 55.7 Å². The van der Waals surface area contributed by atoms with E-state index in [9.17, 15) is 0 Å². The van der Waals surface area contributed by atoms with Gasteiger partial charge in [-0.3, -0.25) is 0 Å². The Morgan fingerprint density at radius 2 is 0.364 bits per heavy atom. The third-order valence-corrected chi connectivity index (χ3v) is 6.60. The van der Waals surface area contributed by atoms with Gasteiger partial charge in [-0.2, -0.15) is 0 Å². The SMILES string of the molecule is CC.CC.CC.CC.CC.CC.CC.CC.CC.CC.c1ccc2c(c1)CCC2.c1ccc2c(c1)CCCC2.c1ccc2ccccc2c1.c1ccccc1. The predicted octanol–water partition coefficient (Wildman–Crippen LogP) is 19.5. The molecule has 0 saturated heterocycles. The molecule has 0 aromatic heterocycles.